The Morgan fingerprint density at radius 2 is 2.07 bits per heavy atom. The molecule has 0 fully saturated rings. The van der Waals surface area contributed by atoms with Gasteiger partial charge in [0.1, 0.15) is 0 Å². The molecular weight excluding hydrogens is 180 g/mol. The number of rotatable bonds is 3. The number of carboxylic acids is 1. The van der Waals surface area contributed by atoms with Gasteiger partial charge in [-0.1, -0.05) is 32.9 Å². The van der Waals surface area contributed by atoms with Crippen LogP contribution in [0.3, 0.4) is 0 Å². The van der Waals surface area contributed by atoms with E-state index in [1.165, 1.54) is 0 Å². The molecule has 1 aliphatic rings. The number of aliphatic carboxylic acids is 1. The van der Waals surface area contributed by atoms with Crippen molar-refractivity contribution in [3.63, 3.8) is 0 Å². The van der Waals surface area contributed by atoms with Crippen LogP contribution in [0.2, 0.25) is 0 Å². The molecule has 0 aromatic rings. The lowest BCUT2D eigenvalue weighted by molar-refractivity contribution is -0.142. The minimum atomic E-state index is -0.943. The Kier molecular flexibility index (Phi) is 2.72. The second kappa shape index (κ2) is 3.39. The molecule has 0 bridgehead atoms. The molecule has 0 amide bonds. The predicted molar refractivity (Wildman–Crippen MR) is 53.9 cm³/mol. The lowest BCUT2D eigenvalue weighted by Crippen LogP contribution is -2.42. The molecule has 0 spiro atoms. The average molecular weight is 198 g/mol. The third-order valence-electron chi connectivity index (χ3n) is 3.65. The fourth-order valence-electron chi connectivity index (χ4n) is 2.01. The quantitative estimate of drug-likeness (QED) is 0.680. The molecule has 0 heterocycles. The molecule has 80 valence electrons. The van der Waals surface area contributed by atoms with Crippen LogP contribution >= 0.6 is 0 Å². The zero-order chi connectivity index (χ0) is 11.0. The molecule has 14 heavy (non-hydrogen) atoms. The summed E-state index contributed by atoms with van der Waals surface area (Å²) >= 11 is 0. The van der Waals surface area contributed by atoms with Crippen LogP contribution in [-0.2, 0) is 4.79 Å². The van der Waals surface area contributed by atoms with Crippen LogP contribution < -0.4 is 0 Å². The summed E-state index contributed by atoms with van der Waals surface area (Å²) in [6.07, 6.45) is 3.85. The molecule has 3 nitrogen and oxygen atoms in total. The van der Waals surface area contributed by atoms with Gasteiger partial charge in [-0.05, 0) is 11.8 Å². The van der Waals surface area contributed by atoms with Crippen molar-refractivity contribution < 1.29 is 15.0 Å². The summed E-state index contributed by atoms with van der Waals surface area (Å²) in [5.41, 5.74) is -0.493. The minimum absolute atomic E-state index is 0.137. The highest BCUT2D eigenvalue weighted by Crippen LogP contribution is 2.50. The van der Waals surface area contributed by atoms with Gasteiger partial charge in [0.25, 0.3) is 0 Å². The van der Waals surface area contributed by atoms with Crippen molar-refractivity contribution in [2.75, 3.05) is 0 Å². The van der Waals surface area contributed by atoms with E-state index in [0.29, 0.717) is 0 Å². The van der Waals surface area contributed by atoms with Gasteiger partial charge in [0.05, 0.1) is 12.5 Å². The third-order valence-corrected chi connectivity index (χ3v) is 3.65. The zero-order valence-corrected chi connectivity index (χ0v) is 8.95. The first-order chi connectivity index (χ1) is 6.29. The summed E-state index contributed by atoms with van der Waals surface area (Å²) in [6.45, 7) is 6.00. The highest BCUT2D eigenvalue weighted by atomic mass is 16.4. The Morgan fingerprint density at radius 3 is 2.43 bits per heavy atom. The summed E-state index contributed by atoms with van der Waals surface area (Å²) in [5.74, 6) is -0.943. The van der Waals surface area contributed by atoms with E-state index in [1.54, 1.807) is 0 Å². The van der Waals surface area contributed by atoms with Gasteiger partial charge in [-0.3, -0.25) is 4.79 Å². The maximum Gasteiger partial charge on any atom is 0.305 e. The molecule has 1 rings (SSSR count). The summed E-state index contributed by atoms with van der Waals surface area (Å²) in [4.78, 5) is 10.5. The number of carbonyl (C=O) groups is 1. The first-order valence-electron chi connectivity index (χ1n) is 4.87. The van der Waals surface area contributed by atoms with Gasteiger partial charge in [-0.25, -0.2) is 0 Å². The minimum Gasteiger partial charge on any atom is -0.481 e. The highest BCUT2D eigenvalue weighted by molar-refractivity contribution is 5.67. The van der Waals surface area contributed by atoms with E-state index in [9.17, 15) is 9.90 Å². The van der Waals surface area contributed by atoms with Gasteiger partial charge < -0.3 is 10.2 Å². The summed E-state index contributed by atoms with van der Waals surface area (Å²) in [7, 11) is 0. The van der Waals surface area contributed by atoms with E-state index >= 15 is 0 Å². The van der Waals surface area contributed by atoms with Crippen LogP contribution in [0, 0.1) is 10.8 Å². The van der Waals surface area contributed by atoms with E-state index in [2.05, 4.69) is 6.08 Å². The summed E-state index contributed by atoms with van der Waals surface area (Å²) < 4.78 is 0. The SMILES string of the molecule is CC1(C)C=CCC1(C)C(O)CC(=O)O. The second-order valence-corrected chi connectivity index (χ2v) is 4.86. The molecule has 0 aromatic carbocycles. The van der Waals surface area contributed by atoms with Crippen molar-refractivity contribution in [2.24, 2.45) is 10.8 Å². The third kappa shape index (κ3) is 1.69. The van der Waals surface area contributed by atoms with Gasteiger partial charge in [0.15, 0.2) is 0 Å². The van der Waals surface area contributed by atoms with E-state index in [4.69, 9.17) is 5.11 Å². The largest absolute Gasteiger partial charge is 0.481 e. The first-order valence-corrected chi connectivity index (χ1v) is 4.87. The topological polar surface area (TPSA) is 57.5 Å². The van der Waals surface area contributed by atoms with Crippen LogP contribution in [-0.4, -0.2) is 22.3 Å². The van der Waals surface area contributed by atoms with Gasteiger partial charge in [0, 0.05) is 5.41 Å². The van der Waals surface area contributed by atoms with Crippen LogP contribution in [0.25, 0.3) is 0 Å². The Morgan fingerprint density at radius 1 is 1.50 bits per heavy atom. The fourth-order valence-corrected chi connectivity index (χ4v) is 2.01. The molecule has 1 aliphatic carbocycles. The Hall–Kier alpha value is -0.830. The summed E-state index contributed by atoms with van der Waals surface area (Å²) in [6, 6.07) is 0. The van der Waals surface area contributed by atoms with Crippen molar-refractivity contribution in [3.8, 4) is 0 Å². The second-order valence-electron chi connectivity index (χ2n) is 4.86. The van der Waals surface area contributed by atoms with Crippen LogP contribution in [0.1, 0.15) is 33.6 Å². The molecule has 0 radical (unpaired) electrons. The van der Waals surface area contributed by atoms with E-state index in [-0.39, 0.29) is 17.3 Å². The summed E-state index contributed by atoms with van der Waals surface area (Å²) in [5, 5.41) is 18.5. The number of aliphatic hydroxyl groups is 1. The molecule has 0 aromatic heterocycles. The van der Waals surface area contributed by atoms with Crippen LogP contribution in [0.4, 0.5) is 0 Å². The van der Waals surface area contributed by atoms with Crippen molar-refractivity contribution in [3.05, 3.63) is 12.2 Å². The average Bonchev–Trinajstić information content (AvgIpc) is 2.26. The number of aliphatic hydroxyl groups excluding tert-OH is 1. The number of allylic oxidation sites excluding steroid dienone is 2. The standard InChI is InChI=1S/C11H18O3/c1-10(2)5-4-6-11(10,3)8(12)7-9(13)14/h4-5,8,12H,6-7H2,1-3H3,(H,13,14). The van der Waals surface area contributed by atoms with Crippen molar-refractivity contribution in [1.29, 1.82) is 0 Å². The highest BCUT2D eigenvalue weighted by Gasteiger charge is 2.47. The lowest BCUT2D eigenvalue weighted by atomic mass is 9.65. The molecule has 2 unspecified atom stereocenters. The molecule has 0 saturated carbocycles. The van der Waals surface area contributed by atoms with Crippen LogP contribution in [0.15, 0.2) is 12.2 Å². The van der Waals surface area contributed by atoms with Gasteiger partial charge in [-0.15, -0.1) is 0 Å². The Bertz CT molecular complexity index is 268. The van der Waals surface area contributed by atoms with Gasteiger partial charge in [-0.2, -0.15) is 0 Å². The zero-order valence-electron chi connectivity index (χ0n) is 8.95. The fraction of sp³-hybridized carbons (Fsp3) is 0.727. The number of carboxylic acid groups (broad SMARTS) is 1. The number of hydrogen-bond donors (Lipinski definition) is 2. The number of hydrogen-bond acceptors (Lipinski definition) is 2. The van der Waals surface area contributed by atoms with E-state index in [1.807, 2.05) is 26.8 Å². The molecular formula is C11H18O3. The maximum atomic E-state index is 10.5. The van der Waals surface area contributed by atoms with E-state index in [0.717, 1.165) is 6.42 Å². The normalized spacial score (nSPS) is 31.7. The molecule has 2 N–H and O–H groups in total. The van der Waals surface area contributed by atoms with Gasteiger partial charge in [0.2, 0.25) is 0 Å². The van der Waals surface area contributed by atoms with Crippen molar-refractivity contribution in [1.82, 2.24) is 0 Å². The smallest absolute Gasteiger partial charge is 0.305 e. The molecule has 0 saturated heterocycles. The lowest BCUT2D eigenvalue weighted by Gasteiger charge is -2.41. The molecule has 2 atom stereocenters. The Labute approximate surface area is 84.4 Å². The van der Waals surface area contributed by atoms with Crippen LogP contribution in [0.5, 0.6) is 0 Å². The Balaban J connectivity index is 2.80. The van der Waals surface area contributed by atoms with Crippen molar-refractivity contribution >= 4 is 5.97 Å². The monoisotopic (exact) mass is 198 g/mol. The van der Waals surface area contributed by atoms with Gasteiger partial charge >= 0.3 is 5.97 Å². The molecule has 3 heteroatoms. The molecule has 0 aliphatic heterocycles. The maximum absolute atomic E-state index is 10.5. The first kappa shape index (κ1) is 11.2. The van der Waals surface area contributed by atoms with E-state index < -0.39 is 12.1 Å². The predicted octanol–water partition coefficient (Wildman–Crippen LogP) is 1.81. The van der Waals surface area contributed by atoms with Crippen molar-refractivity contribution in [2.45, 2.75) is 39.7 Å².